The molecule has 4 nitrogen and oxygen atoms in total. The van der Waals surface area contributed by atoms with Gasteiger partial charge < -0.3 is 14.9 Å². The maximum atomic E-state index is 12.1. The van der Waals surface area contributed by atoms with Crippen molar-refractivity contribution in [2.75, 3.05) is 6.61 Å². The summed E-state index contributed by atoms with van der Waals surface area (Å²) in [5.41, 5.74) is 1.71. The molecule has 22 heavy (non-hydrogen) atoms. The molecule has 0 spiro atoms. The SMILES string of the molecule is O=C(Cc1ccccc1)OC(CCCO)c1ccc(O)cc1. The molecule has 2 aromatic carbocycles. The first kappa shape index (κ1) is 16.0. The number of hydrogen-bond acceptors (Lipinski definition) is 4. The number of aliphatic hydroxyl groups is 1. The topological polar surface area (TPSA) is 66.8 Å². The van der Waals surface area contributed by atoms with Crippen LogP contribution in [0.15, 0.2) is 54.6 Å². The van der Waals surface area contributed by atoms with Crippen LogP contribution in [0.1, 0.15) is 30.1 Å². The Bertz CT molecular complexity index is 578. The minimum atomic E-state index is -0.413. The van der Waals surface area contributed by atoms with E-state index in [2.05, 4.69) is 0 Å². The molecule has 0 saturated carbocycles. The van der Waals surface area contributed by atoms with Crippen molar-refractivity contribution in [1.82, 2.24) is 0 Å². The lowest BCUT2D eigenvalue weighted by Gasteiger charge is -2.18. The third-order valence-corrected chi connectivity index (χ3v) is 3.35. The van der Waals surface area contributed by atoms with Gasteiger partial charge in [-0.1, -0.05) is 42.5 Å². The number of carbonyl (C=O) groups excluding carboxylic acids is 1. The van der Waals surface area contributed by atoms with E-state index >= 15 is 0 Å². The summed E-state index contributed by atoms with van der Waals surface area (Å²) in [6.45, 7) is 0.0464. The fourth-order valence-electron chi connectivity index (χ4n) is 2.22. The molecular formula is C18H20O4. The molecule has 4 heteroatoms. The second kappa shape index (κ2) is 8.20. The molecule has 0 saturated heterocycles. The van der Waals surface area contributed by atoms with Crippen molar-refractivity contribution in [2.45, 2.75) is 25.4 Å². The van der Waals surface area contributed by atoms with Crippen LogP contribution >= 0.6 is 0 Å². The Morgan fingerprint density at radius 2 is 1.73 bits per heavy atom. The Morgan fingerprint density at radius 3 is 2.36 bits per heavy atom. The van der Waals surface area contributed by atoms with Crippen LogP contribution in [0.5, 0.6) is 5.75 Å². The highest BCUT2D eigenvalue weighted by Gasteiger charge is 2.17. The zero-order valence-corrected chi connectivity index (χ0v) is 12.3. The number of carbonyl (C=O) groups is 1. The summed E-state index contributed by atoms with van der Waals surface area (Å²) < 4.78 is 5.55. The number of hydrogen-bond donors (Lipinski definition) is 2. The highest BCUT2D eigenvalue weighted by atomic mass is 16.5. The normalized spacial score (nSPS) is 11.9. The van der Waals surface area contributed by atoms with E-state index in [1.54, 1.807) is 24.3 Å². The highest BCUT2D eigenvalue weighted by Crippen LogP contribution is 2.25. The third-order valence-electron chi connectivity index (χ3n) is 3.35. The van der Waals surface area contributed by atoms with Crippen molar-refractivity contribution in [3.63, 3.8) is 0 Å². The van der Waals surface area contributed by atoms with Crippen LogP contribution in [0, 0.1) is 0 Å². The Hall–Kier alpha value is -2.33. The van der Waals surface area contributed by atoms with Gasteiger partial charge in [-0.15, -0.1) is 0 Å². The molecule has 0 amide bonds. The first-order valence-corrected chi connectivity index (χ1v) is 7.32. The van der Waals surface area contributed by atoms with E-state index in [9.17, 15) is 9.90 Å². The smallest absolute Gasteiger partial charge is 0.310 e. The van der Waals surface area contributed by atoms with Gasteiger partial charge in [0.25, 0.3) is 0 Å². The Kier molecular flexibility index (Phi) is 5.98. The average Bonchev–Trinajstić information content (AvgIpc) is 2.53. The van der Waals surface area contributed by atoms with Gasteiger partial charge in [-0.3, -0.25) is 4.79 Å². The summed E-state index contributed by atoms with van der Waals surface area (Å²) in [6, 6.07) is 16.0. The van der Waals surface area contributed by atoms with Gasteiger partial charge in [-0.25, -0.2) is 0 Å². The number of benzene rings is 2. The summed E-state index contributed by atoms with van der Waals surface area (Å²) in [5, 5.41) is 18.3. The minimum Gasteiger partial charge on any atom is -0.508 e. The second-order valence-corrected chi connectivity index (χ2v) is 5.10. The van der Waals surface area contributed by atoms with Gasteiger partial charge in [0.2, 0.25) is 0 Å². The highest BCUT2D eigenvalue weighted by molar-refractivity contribution is 5.72. The molecule has 0 aliphatic heterocycles. The van der Waals surface area contributed by atoms with Crippen molar-refractivity contribution in [2.24, 2.45) is 0 Å². The number of aliphatic hydroxyl groups excluding tert-OH is 1. The van der Waals surface area contributed by atoms with Gasteiger partial charge in [0.1, 0.15) is 11.9 Å². The minimum absolute atomic E-state index is 0.0464. The van der Waals surface area contributed by atoms with E-state index in [1.807, 2.05) is 30.3 Å². The number of phenols is 1. The first-order chi connectivity index (χ1) is 10.7. The Balaban J connectivity index is 2.02. The predicted molar refractivity (Wildman–Crippen MR) is 83.4 cm³/mol. The fraction of sp³-hybridized carbons (Fsp3) is 0.278. The third kappa shape index (κ3) is 4.90. The average molecular weight is 300 g/mol. The van der Waals surface area contributed by atoms with Crippen molar-refractivity contribution < 1.29 is 19.7 Å². The van der Waals surface area contributed by atoms with Crippen molar-refractivity contribution >= 4 is 5.97 Å². The number of aromatic hydroxyl groups is 1. The van der Waals surface area contributed by atoms with Crippen LogP contribution in [0.4, 0.5) is 0 Å². The lowest BCUT2D eigenvalue weighted by atomic mass is 10.0. The fourth-order valence-corrected chi connectivity index (χ4v) is 2.22. The van der Waals surface area contributed by atoms with E-state index < -0.39 is 6.10 Å². The van der Waals surface area contributed by atoms with Crippen LogP contribution in [-0.2, 0) is 16.0 Å². The van der Waals surface area contributed by atoms with E-state index in [0.29, 0.717) is 12.8 Å². The van der Waals surface area contributed by atoms with Crippen LogP contribution in [0.2, 0.25) is 0 Å². The van der Waals surface area contributed by atoms with E-state index in [0.717, 1.165) is 11.1 Å². The van der Waals surface area contributed by atoms with Crippen molar-refractivity contribution in [3.8, 4) is 5.75 Å². The van der Waals surface area contributed by atoms with E-state index in [1.165, 1.54) is 0 Å². The largest absolute Gasteiger partial charge is 0.508 e. The summed E-state index contributed by atoms with van der Waals surface area (Å²) >= 11 is 0. The van der Waals surface area contributed by atoms with Crippen molar-refractivity contribution in [3.05, 3.63) is 65.7 Å². The molecule has 1 atom stereocenters. The quantitative estimate of drug-likeness (QED) is 0.771. The van der Waals surface area contributed by atoms with E-state index in [-0.39, 0.29) is 24.7 Å². The number of esters is 1. The van der Waals surface area contributed by atoms with E-state index in [4.69, 9.17) is 9.84 Å². The molecule has 2 rings (SSSR count). The number of phenolic OH excluding ortho intramolecular Hbond substituents is 1. The molecule has 1 unspecified atom stereocenters. The van der Waals surface area contributed by atoms with Crippen molar-refractivity contribution in [1.29, 1.82) is 0 Å². The lowest BCUT2D eigenvalue weighted by molar-refractivity contribution is -0.149. The molecule has 2 N–H and O–H groups in total. The Morgan fingerprint density at radius 1 is 1.05 bits per heavy atom. The van der Waals surface area contributed by atoms with Crippen LogP contribution in [-0.4, -0.2) is 22.8 Å². The zero-order chi connectivity index (χ0) is 15.8. The van der Waals surface area contributed by atoms with Gasteiger partial charge in [0.05, 0.1) is 6.42 Å². The van der Waals surface area contributed by atoms with Crippen LogP contribution < -0.4 is 0 Å². The molecule has 0 aliphatic rings. The first-order valence-electron chi connectivity index (χ1n) is 7.32. The molecule has 0 heterocycles. The van der Waals surface area contributed by atoms with Crippen LogP contribution in [0.25, 0.3) is 0 Å². The van der Waals surface area contributed by atoms with Gasteiger partial charge in [-0.05, 0) is 36.1 Å². The standard InChI is InChI=1S/C18H20O4/c19-12-4-7-17(15-8-10-16(20)11-9-15)22-18(21)13-14-5-2-1-3-6-14/h1-3,5-6,8-11,17,19-20H,4,7,12-13H2. The summed E-state index contributed by atoms with van der Waals surface area (Å²) in [5.74, 6) is -0.137. The monoisotopic (exact) mass is 300 g/mol. The molecule has 2 aromatic rings. The molecule has 0 radical (unpaired) electrons. The molecule has 0 fully saturated rings. The summed E-state index contributed by atoms with van der Waals surface area (Å²) in [4.78, 5) is 12.1. The van der Waals surface area contributed by atoms with Gasteiger partial charge in [0, 0.05) is 6.61 Å². The summed E-state index contributed by atoms with van der Waals surface area (Å²) in [7, 11) is 0. The van der Waals surface area contributed by atoms with Gasteiger partial charge >= 0.3 is 5.97 Å². The molecule has 0 bridgehead atoms. The molecule has 116 valence electrons. The second-order valence-electron chi connectivity index (χ2n) is 5.10. The zero-order valence-electron chi connectivity index (χ0n) is 12.3. The maximum absolute atomic E-state index is 12.1. The number of ether oxygens (including phenoxy) is 1. The lowest BCUT2D eigenvalue weighted by Crippen LogP contribution is -2.14. The molecule has 0 aromatic heterocycles. The predicted octanol–water partition coefficient (Wildman–Crippen LogP) is 2.99. The number of rotatable bonds is 7. The Labute approximate surface area is 130 Å². The molecular weight excluding hydrogens is 280 g/mol. The van der Waals surface area contributed by atoms with Crippen LogP contribution in [0.3, 0.4) is 0 Å². The molecule has 0 aliphatic carbocycles. The van der Waals surface area contributed by atoms with Gasteiger partial charge in [-0.2, -0.15) is 0 Å². The van der Waals surface area contributed by atoms with Gasteiger partial charge in [0.15, 0.2) is 0 Å². The summed E-state index contributed by atoms with van der Waals surface area (Å²) in [6.07, 6.45) is 0.893. The maximum Gasteiger partial charge on any atom is 0.310 e.